The van der Waals surface area contributed by atoms with Crippen molar-refractivity contribution >= 4 is 11.9 Å². The summed E-state index contributed by atoms with van der Waals surface area (Å²) >= 11 is 0. The van der Waals surface area contributed by atoms with Crippen molar-refractivity contribution in [3.8, 4) is 11.5 Å². The molecule has 1 fully saturated rings. The third kappa shape index (κ3) is 6.57. The molecular formula is C30H31NO6. The van der Waals surface area contributed by atoms with Crippen LogP contribution in [0.1, 0.15) is 29.9 Å². The number of aliphatic carboxylic acids is 2. The van der Waals surface area contributed by atoms with Gasteiger partial charge in [-0.25, -0.2) is 9.59 Å². The third-order valence-electron chi connectivity index (χ3n) is 6.65. The van der Waals surface area contributed by atoms with E-state index in [2.05, 4.69) is 59.5 Å². The van der Waals surface area contributed by atoms with Crippen molar-refractivity contribution in [1.29, 1.82) is 0 Å². The first-order valence-electron chi connectivity index (χ1n) is 12.4. The van der Waals surface area contributed by atoms with Gasteiger partial charge in [0.25, 0.3) is 0 Å². The first kappa shape index (κ1) is 26.0. The van der Waals surface area contributed by atoms with E-state index in [4.69, 9.17) is 19.7 Å². The Bertz CT molecular complexity index is 1200. The van der Waals surface area contributed by atoms with Crippen molar-refractivity contribution in [3.05, 3.63) is 108 Å². The molecule has 192 valence electrons. The number of hydrogen-bond acceptors (Lipinski definition) is 5. The Labute approximate surface area is 216 Å². The van der Waals surface area contributed by atoms with Gasteiger partial charge in [-0.05, 0) is 30.2 Å². The van der Waals surface area contributed by atoms with E-state index in [1.807, 2.05) is 30.3 Å². The van der Waals surface area contributed by atoms with Crippen molar-refractivity contribution in [2.24, 2.45) is 0 Å². The molecule has 0 bridgehead atoms. The zero-order valence-electron chi connectivity index (χ0n) is 20.5. The van der Waals surface area contributed by atoms with Gasteiger partial charge in [0.15, 0.2) is 0 Å². The number of hydrogen-bond donors (Lipinski definition) is 2. The van der Waals surface area contributed by atoms with Gasteiger partial charge in [-0.3, -0.25) is 0 Å². The first-order chi connectivity index (χ1) is 18.0. The molecule has 5 rings (SSSR count). The van der Waals surface area contributed by atoms with Crippen molar-refractivity contribution in [2.75, 3.05) is 26.2 Å². The molecule has 7 nitrogen and oxygen atoms in total. The molecule has 2 heterocycles. The Morgan fingerprint density at radius 1 is 0.919 bits per heavy atom. The smallest absolute Gasteiger partial charge is 0.328 e. The van der Waals surface area contributed by atoms with Crippen LogP contribution in [-0.2, 0) is 15.2 Å². The van der Waals surface area contributed by atoms with Crippen LogP contribution in [-0.4, -0.2) is 53.3 Å². The summed E-state index contributed by atoms with van der Waals surface area (Å²) in [5, 5.41) is 15.6. The quantitative estimate of drug-likeness (QED) is 0.333. The first-order valence-corrected chi connectivity index (χ1v) is 12.4. The number of likely N-dealkylation sites (tertiary alicyclic amines) is 1. The van der Waals surface area contributed by atoms with Crippen molar-refractivity contribution in [1.82, 2.24) is 4.90 Å². The summed E-state index contributed by atoms with van der Waals surface area (Å²) in [4.78, 5) is 21.7. The predicted molar refractivity (Wildman–Crippen MR) is 140 cm³/mol. The number of piperidine rings is 1. The highest BCUT2D eigenvalue weighted by Crippen LogP contribution is 2.54. The fourth-order valence-corrected chi connectivity index (χ4v) is 4.99. The normalized spacial score (nSPS) is 20.2. The van der Waals surface area contributed by atoms with Crippen LogP contribution in [0.15, 0.2) is 97.1 Å². The average Bonchev–Trinajstić information content (AvgIpc) is 3.26. The fourth-order valence-electron chi connectivity index (χ4n) is 4.99. The SMILES string of the molecule is O=C(O)/C=C\C(=O)O.c1ccc(OCCCN2CC[C@@]3(c4ccccc4)Oc4ccccc4[C@H]3C2)cc1. The van der Waals surface area contributed by atoms with Gasteiger partial charge >= 0.3 is 11.9 Å². The summed E-state index contributed by atoms with van der Waals surface area (Å²) in [6, 6.07) is 29.4. The molecule has 2 atom stereocenters. The van der Waals surface area contributed by atoms with E-state index in [9.17, 15) is 9.59 Å². The molecule has 2 N–H and O–H groups in total. The molecule has 37 heavy (non-hydrogen) atoms. The van der Waals surface area contributed by atoms with Crippen LogP contribution in [0.2, 0.25) is 0 Å². The molecule has 3 aromatic rings. The molecular weight excluding hydrogens is 470 g/mol. The molecule has 1 saturated heterocycles. The van der Waals surface area contributed by atoms with Crippen LogP contribution >= 0.6 is 0 Å². The van der Waals surface area contributed by atoms with Gasteiger partial charge in [-0.2, -0.15) is 0 Å². The van der Waals surface area contributed by atoms with Crippen molar-refractivity contribution in [3.63, 3.8) is 0 Å². The molecule has 0 saturated carbocycles. The number of nitrogens with zero attached hydrogens (tertiary/aromatic N) is 1. The minimum absolute atomic E-state index is 0.234. The van der Waals surface area contributed by atoms with Gasteiger partial charge < -0.3 is 24.6 Å². The lowest BCUT2D eigenvalue weighted by Crippen LogP contribution is -2.49. The Morgan fingerprint density at radius 3 is 2.22 bits per heavy atom. The Kier molecular flexibility index (Phi) is 8.59. The maximum absolute atomic E-state index is 9.55. The van der Waals surface area contributed by atoms with Crippen LogP contribution in [0, 0.1) is 0 Å². The molecule has 0 aliphatic carbocycles. The number of rotatable bonds is 8. The van der Waals surface area contributed by atoms with E-state index in [-0.39, 0.29) is 5.60 Å². The van der Waals surface area contributed by atoms with Gasteiger partial charge in [0.2, 0.25) is 0 Å². The minimum Gasteiger partial charge on any atom is -0.494 e. The lowest BCUT2D eigenvalue weighted by Gasteiger charge is -2.43. The van der Waals surface area contributed by atoms with Crippen LogP contribution in [0.5, 0.6) is 11.5 Å². The van der Waals surface area contributed by atoms with Crippen molar-refractivity contribution < 1.29 is 29.3 Å². The lowest BCUT2D eigenvalue weighted by molar-refractivity contribution is -0.134. The van der Waals surface area contributed by atoms with E-state index >= 15 is 0 Å². The van der Waals surface area contributed by atoms with Crippen LogP contribution in [0.4, 0.5) is 0 Å². The number of carboxylic acids is 2. The van der Waals surface area contributed by atoms with Crippen LogP contribution in [0.25, 0.3) is 0 Å². The topological polar surface area (TPSA) is 96.3 Å². The molecule has 0 unspecified atom stereocenters. The van der Waals surface area contributed by atoms with E-state index in [1.165, 1.54) is 11.1 Å². The maximum atomic E-state index is 9.55. The highest BCUT2D eigenvalue weighted by molar-refractivity contribution is 5.89. The molecule has 2 aliphatic heterocycles. The van der Waals surface area contributed by atoms with Crippen LogP contribution in [0.3, 0.4) is 0 Å². The second-order valence-electron chi connectivity index (χ2n) is 9.02. The number of benzene rings is 3. The largest absolute Gasteiger partial charge is 0.494 e. The number of fused-ring (bicyclic) bond motifs is 3. The minimum atomic E-state index is -1.26. The number of para-hydroxylation sites is 2. The number of carboxylic acid groups (broad SMARTS) is 2. The Morgan fingerprint density at radius 2 is 1.54 bits per heavy atom. The molecule has 3 aromatic carbocycles. The van der Waals surface area contributed by atoms with Crippen molar-refractivity contribution in [2.45, 2.75) is 24.4 Å². The van der Waals surface area contributed by atoms with E-state index in [0.29, 0.717) is 18.1 Å². The summed E-state index contributed by atoms with van der Waals surface area (Å²) < 4.78 is 12.5. The molecule has 2 aliphatic rings. The van der Waals surface area contributed by atoms with E-state index in [0.717, 1.165) is 50.6 Å². The molecule has 0 aromatic heterocycles. The van der Waals surface area contributed by atoms with Gasteiger partial charge in [0.05, 0.1) is 6.61 Å². The molecule has 0 radical (unpaired) electrons. The highest BCUT2D eigenvalue weighted by Gasteiger charge is 2.52. The lowest BCUT2D eigenvalue weighted by atomic mass is 9.74. The summed E-state index contributed by atoms with van der Waals surface area (Å²) in [5.74, 6) is -0.146. The highest BCUT2D eigenvalue weighted by atomic mass is 16.5. The Balaban J connectivity index is 0.000000349. The van der Waals surface area contributed by atoms with Gasteiger partial charge in [0, 0.05) is 49.7 Å². The summed E-state index contributed by atoms with van der Waals surface area (Å²) in [6.07, 6.45) is 3.16. The average molecular weight is 502 g/mol. The van der Waals surface area contributed by atoms with Gasteiger partial charge in [-0.1, -0.05) is 66.7 Å². The predicted octanol–water partition coefficient (Wildman–Crippen LogP) is 4.94. The summed E-state index contributed by atoms with van der Waals surface area (Å²) in [7, 11) is 0. The zero-order chi connectivity index (χ0) is 26.1. The maximum Gasteiger partial charge on any atom is 0.328 e. The summed E-state index contributed by atoms with van der Waals surface area (Å²) in [6.45, 7) is 3.88. The van der Waals surface area contributed by atoms with E-state index in [1.54, 1.807) is 0 Å². The zero-order valence-corrected chi connectivity index (χ0v) is 20.5. The molecule has 7 heteroatoms. The molecule has 0 spiro atoms. The van der Waals surface area contributed by atoms with Crippen LogP contribution < -0.4 is 9.47 Å². The Hall–Kier alpha value is -4.10. The van der Waals surface area contributed by atoms with E-state index < -0.39 is 11.9 Å². The second kappa shape index (κ2) is 12.2. The standard InChI is InChI=1S/C26H27NO2.C4H4O4/c1-3-10-21(11-4-1)26-16-18-27(17-9-19-28-22-12-5-2-6-13-22)20-24(26)23-14-7-8-15-25(23)29-26;5-3(6)1-2-4(7)8/h1-8,10-15,24H,9,16-20H2;1-2H,(H,5,6)(H,7,8)/b;2-1-/t24-,26+;/m1./s1. The van der Waals surface area contributed by atoms with Gasteiger partial charge in [0.1, 0.15) is 17.1 Å². The number of ether oxygens (including phenoxy) is 2. The third-order valence-corrected chi connectivity index (χ3v) is 6.65. The van der Waals surface area contributed by atoms with Gasteiger partial charge in [-0.15, -0.1) is 0 Å². The monoisotopic (exact) mass is 501 g/mol. The summed E-state index contributed by atoms with van der Waals surface area (Å²) in [5.41, 5.74) is 2.41. The second-order valence-corrected chi connectivity index (χ2v) is 9.02. The fraction of sp³-hybridized carbons (Fsp3) is 0.267. The molecule has 0 amide bonds. The number of carbonyl (C=O) groups is 2.